The van der Waals surface area contributed by atoms with Crippen molar-refractivity contribution >= 4 is 23.1 Å². The van der Waals surface area contributed by atoms with E-state index in [1.54, 1.807) is 4.68 Å². The van der Waals surface area contributed by atoms with E-state index in [9.17, 15) is 0 Å². The van der Waals surface area contributed by atoms with Crippen molar-refractivity contribution in [2.75, 3.05) is 13.1 Å². The number of aromatic nitrogens is 4. The molecule has 7 nitrogen and oxygen atoms in total. The summed E-state index contributed by atoms with van der Waals surface area (Å²) in [4.78, 5) is 11.9. The Labute approximate surface area is 169 Å². The van der Waals surface area contributed by atoms with E-state index in [-0.39, 0.29) is 6.61 Å². The molecule has 0 spiro atoms. The first-order chi connectivity index (χ1) is 13.7. The van der Waals surface area contributed by atoms with Gasteiger partial charge in [0.2, 0.25) is 5.88 Å². The molecule has 4 rings (SSSR count). The first kappa shape index (κ1) is 19.0. The number of likely N-dealkylation sites (tertiary alicyclic amines) is 1. The second kappa shape index (κ2) is 8.79. The SMILES string of the molecule is CCCc1nc(OCc2nn(CN3CCCCC3)c(=S)o2)c2ccccc2n1. The lowest BCUT2D eigenvalue weighted by Crippen LogP contribution is -2.32. The van der Waals surface area contributed by atoms with Crippen LogP contribution in [0, 0.1) is 4.84 Å². The summed E-state index contributed by atoms with van der Waals surface area (Å²) in [5.74, 6) is 1.80. The third kappa shape index (κ3) is 4.39. The number of piperidine rings is 1. The van der Waals surface area contributed by atoms with Gasteiger partial charge in [0.05, 0.1) is 17.6 Å². The van der Waals surface area contributed by atoms with Gasteiger partial charge in [-0.2, -0.15) is 4.98 Å². The van der Waals surface area contributed by atoms with Crippen molar-refractivity contribution in [2.45, 2.75) is 52.3 Å². The van der Waals surface area contributed by atoms with E-state index in [1.807, 2.05) is 24.3 Å². The van der Waals surface area contributed by atoms with Gasteiger partial charge in [-0.3, -0.25) is 4.90 Å². The molecule has 0 saturated carbocycles. The van der Waals surface area contributed by atoms with E-state index in [0.717, 1.165) is 42.7 Å². The number of fused-ring (bicyclic) bond motifs is 1. The van der Waals surface area contributed by atoms with Gasteiger partial charge in [-0.15, -0.1) is 5.10 Å². The Morgan fingerprint density at radius 1 is 1.14 bits per heavy atom. The zero-order valence-electron chi connectivity index (χ0n) is 16.1. The number of nitrogens with zero attached hydrogens (tertiary/aromatic N) is 5. The number of hydrogen-bond donors (Lipinski definition) is 0. The van der Waals surface area contributed by atoms with E-state index in [4.69, 9.17) is 21.4 Å². The van der Waals surface area contributed by atoms with Crippen molar-refractivity contribution in [1.82, 2.24) is 24.6 Å². The molecule has 1 aliphatic rings. The normalized spacial score (nSPS) is 15.2. The van der Waals surface area contributed by atoms with Crippen molar-refractivity contribution in [2.24, 2.45) is 0 Å². The second-order valence-electron chi connectivity index (χ2n) is 7.08. The number of para-hydroxylation sites is 1. The Balaban J connectivity index is 1.50. The first-order valence-corrected chi connectivity index (χ1v) is 10.3. The first-order valence-electron chi connectivity index (χ1n) is 9.90. The highest BCUT2D eigenvalue weighted by atomic mass is 32.1. The average Bonchev–Trinajstić information content (AvgIpc) is 3.06. The van der Waals surface area contributed by atoms with Crippen LogP contribution < -0.4 is 4.74 Å². The van der Waals surface area contributed by atoms with E-state index >= 15 is 0 Å². The fraction of sp³-hybridized carbons (Fsp3) is 0.500. The summed E-state index contributed by atoms with van der Waals surface area (Å²) in [6.07, 6.45) is 5.54. The zero-order valence-corrected chi connectivity index (χ0v) is 17.0. The molecular weight excluding hydrogens is 374 g/mol. The highest BCUT2D eigenvalue weighted by Crippen LogP contribution is 2.23. The quantitative estimate of drug-likeness (QED) is 0.553. The molecule has 0 N–H and O–H groups in total. The van der Waals surface area contributed by atoms with Crippen molar-refractivity contribution < 1.29 is 9.15 Å². The number of ether oxygens (including phenoxy) is 1. The van der Waals surface area contributed by atoms with Crippen LogP contribution in [0.25, 0.3) is 10.9 Å². The lowest BCUT2D eigenvalue weighted by Gasteiger charge is -2.25. The van der Waals surface area contributed by atoms with E-state index in [2.05, 4.69) is 26.9 Å². The van der Waals surface area contributed by atoms with E-state index < -0.39 is 0 Å². The summed E-state index contributed by atoms with van der Waals surface area (Å²) in [5, 5.41) is 5.38. The molecule has 2 aromatic heterocycles. The summed E-state index contributed by atoms with van der Waals surface area (Å²) < 4.78 is 13.3. The Kier molecular flexibility index (Phi) is 5.97. The van der Waals surface area contributed by atoms with Gasteiger partial charge in [-0.25, -0.2) is 9.67 Å². The molecule has 0 bridgehead atoms. The summed E-state index contributed by atoms with van der Waals surface area (Å²) in [5.41, 5.74) is 0.882. The van der Waals surface area contributed by atoms with Gasteiger partial charge in [0, 0.05) is 6.42 Å². The van der Waals surface area contributed by atoms with E-state index in [0.29, 0.717) is 23.3 Å². The maximum atomic E-state index is 5.97. The fourth-order valence-electron chi connectivity index (χ4n) is 3.46. The Hall–Kier alpha value is -2.32. The van der Waals surface area contributed by atoms with Crippen LogP contribution in [0.15, 0.2) is 28.7 Å². The molecule has 8 heteroatoms. The predicted octanol–water partition coefficient (Wildman–Crippen LogP) is 4.12. The minimum Gasteiger partial charge on any atom is -0.467 e. The number of hydrogen-bond acceptors (Lipinski definition) is 7. The van der Waals surface area contributed by atoms with Gasteiger partial charge >= 0.3 is 0 Å². The van der Waals surface area contributed by atoms with E-state index in [1.165, 1.54) is 19.3 Å². The molecule has 0 aliphatic carbocycles. The minimum atomic E-state index is 0.184. The molecule has 0 atom stereocenters. The second-order valence-corrected chi connectivity index (χ2v) is 7.43. The van der Waals surface area contributed by atoms with Gasteiger partial charge in [0.15, 0.2) is 6.61 Å². The maximum Gasteiger partial charge on any atom is 0.288 e. The van der Waals surface area contributed by atoms with Crippen LogP contribution in [0.5, 0.6) is 5.88 Å². The molecule has 1 saturated heterocycles. The van der Waals surface area contributed by atoms with Crippen LogP contribution in [0.2, 0.25) is 0 Å². The van der Waals surface area contributed by atoms with Crippen molar-refractivity contribution in [3.63, 3.8) is 0 Å². The molecule has 0 radical (unpaired) electrons. The van der Waals surface area contributed by atoms with Gasteiger partial charge < -0.3 is 9.15 Å². The Morgan fingerprint density at radius 3 is 2.79 bits per heavy atom. The topological polar surface area (TPSA) is 69.2 Å². The van der Waals surface area contributed by atoms with Crippen LogP contribution >= 0.6 is 12.2 Å². The van der Waals surface area contributed by atoms with Crippen LogP contribution in [-0.2, 0) is 19.7 Å². The molecule has 3 heterocycles. The highest BCUT2D eigenvalue weighted by molar-refractivity contribution is 7.71. The molecule has 28 heavy (non-hydrogen) atoms. The van der Waals surface area contributed by atoms with Gasteiger partial charge in [-0.1, -0.05) is 25.5 Å². The van der Waals surface area contributed by atoms with Crippen LogP contribution in [0.4, 0.5) is 0 Å². The smallest absolute Gasteiger partial charge is 0.288 e. The lowest BCUT2D eigenvalue weighted by atomic mass is 10.1. The maximum absolute atomic E-state index is 5.97. The van der Waals surface area contributed by atoms with Gasteiger partial charge in [-0.05, 0) is 56.7 Å². The summed E-state index contributed by atoms with van der Waals surface area (Å²) in [7, 11) is 0. The van der Waals surface area contributed by atoms with Gasteiger partial charge in [0.25, 0.3) is 10.7 Å². The molecule has 0 unspecified atom stereocenters. The molecule has 1 aromatic carbocycles. The summed E-state index contributed by atoms with van der Waals surface area (Å²) in [6, 6.07) is 7.86. The molecular formula is C20H25N5O2S. The van der Waals surface area contributed by atoms with Crippen molar-refractivity contribution in [1.29, 1.82) is 0 Å². The molecule has 3 aromatic rings. The summed E-state index contributed by atoms with van der Waals surface area (Å²) in [6.45, 7) is 5.11. The lowest BCUT2D eigenvalue weighted by molar-refractivity contribution is 0.170. The summed E-state index contributed by atoms with van der Waals surface area (Å²) >= 11 is 5.33. The molecule has 1 fully saturated rings. The average molecular weight is 400 g/mol. The Bertz CT molecular complexity index is 994. The van der Waals surface area contributed by atoms with Crippen LogP contribution in [-0.4, -0.2) is 37.7 Å². The van der Waals surface area contributed by atoms with Crippen molar-refractivity contribution in [3.05, 3.63) is 40.8 Å². The Morgan fingerprint density at radius 2 is 1.96 bits per heavy atom. The minimum absolute atomic E-state index is 0.184. The predicted molar refractivity (Wildman–Crippen MR) is 109 cm³/mol. The number of rotatable bonds is 7. The van der Waals surface area contributed by atoms with Crippen LogP contribution in [0.3, 0.4) is 0 Å². The number of aryl methyl sites for hydroxylation is 1. The highest BCUT2D eigenvalue weighted by Gasteiger charge is 2.15. The standard InChI is InChI=1S/C20H25N5O2S/c1-2-8-17-21-16-10-5-4-9-15(16)19(22-17)26-13-18-23-25(20(28)27-18)14-24-11-6-3-7-12-24/h4-5,9-10H,2-3,6-8,11-14H2,1H3. The van der Waals surface area contributed by atoms with Crippen molar-refractivity contribution in [3.8, 4) is 5.88 Å². The monoisotopic (exact) mass is 399 g/mol. The third-order valence-corrected chi connectivity index (χ3v) is 5.15. The van der Waals surface area contributed by atoms with Gasteiger partial charge in [0.1, 0.15) is 5.82 Å². The fourth-order valence-corrected chi connectivity index (χ4v) is 3.65. The third-order valence-electron chi connectivity index (χ3n) is 4.85. The molecule has 1 aliphatic heterocycles. The zero-order chi connectivity index (χ0) is 19.3. The largest absolute Gasteiger partial charge is 0.467 e. The molecule has 148 valence electrons. The molecule has 0 amide bonds. The van der Waals surface area contributed by atoms with Crippen LogP contribution in [0.1, 0.15) is 44.3 Å². The number of benzene rings is 1.